The smallest absolute Gasteiger partial charge is 0.410 e. The zero-order chi connectivity index (χ0) is 17.1. The number of carbonyl (C=O) groups is 2. The van der Waals surface area contributed by atoms with Gasteiger partial charge in [-0.2, -0.15) is 0 Å². The summed E-state index contributed by atoms with van der Waals surface area (Å²) in [4.78, 5) is 25.7. The lowest BCUT2D eigenvalue weighted by Crippen LogP contribution is -2.65. The molecule has 2 aliphatic heterocycles. The third kappa shape index (κ3) is 4.81. The first-order chi connectivity index (χ1) is 10.7. The quantitative estimate of drug-likeness (QED) is 0.770. The van der Waals surface area contributed by atoms with Crippen molar-refractivity contribution in [1.82, 2.24) is 10.2 Å². The van der Waals surface area contributed by atoms with Gasteiger partial charge < -0.3 is 19.1 Å². The number of piperidine rings is 1. The lowest BCUT2D eigenvalue weighted by Gasteiger charge is -2.46. The molecule has 2 saturated heterocycles. The predicted molar refractivity (Wildman–Crippen MR) is 84.1 cm³/mol. The van der Waals surface area contributed by atoms with Gasteiger partial charge in [0, 0.05) is 18.6 Å². The Morgan fingerprint density at radius 2 is 1.96 bits per heavy atom. The van der Waals surface area contributed by atoms with Crippen molar-refractivity contribution in [2.45, 2.75) is 57.7 Å². The molecule has 7 heteroatoms. The molecule has 0 unspecified atom stereocenters. The number of amides is 1. The van der Waals surface area contributed by atoms with Gasteiger partial charge in [0.25, 0.3) is 0 Å². The van der Waals surface area contributed by atoms with Crippen LogP contribution in [0.1, 0.15) is 40.5 Å². The number of nitrogens with zero attached hydrogens (tertiary/aromatic N) is 1. The topological polar surface area (TPSA) is 77.1 Å². The summed E-state index contributed by atoms with van der Waals surface area (Å²) >= 11 is 0. The molecular weight excluding hydrogens is 300 g/mol. The molecule has 0 saturated carbocycles. The minimum atomic E-state index is -0.493. The summed E-state index contributed by atoms with van der Waals surface area (Å²) in [5, 5.41) is 3.38. The summed E-state index contributed by atoms with van der Waals surface area (Å²) in [5.41, 5.74) is -0.762. The van der Waals surface area contributed by atoms with Crippen LogP contribution >= 0.6 is 0 Å². The van der Waals surface area contributed by atoms with Gasteiger partial charge in [-0.25, -0.2) is 4.79 Å². The van der Waals surface area contributed by atoms with Crippen LogP contribution in [0.15, 0.2) is 0 Å². The van der Waals surface area contributed by atoms with Crippen molar-refractivity contribution in [2.24, 2.45) is 0 Å². The van der Waals surface area contributed by atoms with E-state index in [0.29, 0.717) is 32.9 Å². The molecule has 1 atom stereocenters. The zero-order valence-electron chi connectivity index (χ0n) is 14.5. The highest BCUT2D eigenvalue weighted by molar-refractivity contribution is 5.76. The van der Waals surface area contributed by atoms with Gasteiger partial charge in [-0.05, 0) is 40.5 Å². The van der Waals surface area contributed by atoms with Gasteiger partial charge in [0.2, 0.25) is 0 Å². The largest absolute Gasteiger partial charge is 0.465 e. The molecule has 2 heterocycles. The molecule has 2 fully saturated rings. The van der Waals surface area contributed by atoms with E-state index in [1.807, 2.05) is 20.8 Å². The summed E-state index contributed by atoms with van der Waals surface area (Å²) in [6, 6.07) is -0.434. The fourth-order valence-electron chi connectivity index (χ4n) is 2.93. The molecule has 0 radical (unpaired) electrons. The fourth-order valence-corrected chi connectivity index (χ4v) is 2.93. The molecule has 0 aromatic rings. The van der Waals surface area contributed by atoms with E-state index in [0.717, 1.165) is 12.8 Å². The third-order valence-electron chi connectivity index (χ3n) is 4.09. The molecule has 1 spiro atoms. The molecule has 2 rings (SSSR count). The van der Waals surface area contributed by atoms with Gasteiger partial charge in [0.1, 0.15) is 11.6 Å². The van der Waals surface area contributed by atoms with E-state index in [2.05, 4.69) is 5.32 Å². The van der Waals surface area contributed by atoms with Crippen LogP contribution in [0.4, 0.5) is 4.79 Å². The molecule has 0 bridgehead atoms. The standard InChI is InChI=1S/C16H28N2O5/c1-5-22-13(19)12-10-21-11-16(17-12)6-8-18(9-7-16)14(20)23-15(2,3)4/h12,17H,5-11H2,1-4H3/t12-/m0/s1. The first-order valence-electron chi connectivity index (χ1n) is 8.25. The number of hydrogen-bond acceptors (Lipinski definition) is 6. The van der Waals surface area contributed by atoms with Crippen molar-refractivity contribution >= 4 is 12.1 Å². The maximum atomic E-state index is 12.1. The first-order valence-corrected chi connectivity index (χ1v) is 8.25. The second-order valence-corrected chi connectivity index (χ2v) is 7.21. The van der Waals surface area contributed by atoms with Crippen LogP contribution in [0.3, 0.4) is 0 Å². The van der Waals surface area contributed by atoms with E-state index >= 15 is 0 Å². The fraction of sp³-hybridized carbons (Fsp3) is 0.875. The van der Waals surface area contributed by atoms with Gasteiger partial charge in [0.15, 0.2) is 0 Å². The van der Waals surface area contributed by atoms with Crippen molar-refractivity contribution in [3.8, 4) is 0 Å². The Bertz CT molecular complexity index is 438. The average Bonchev–Trinajstić information content (AvgIpc) is 2.46. The minimum Gasteiger partial charge on any atom is -0.465 e. The van der Waals surface area contributed by atoms with Crippen molar-refractivity contribution in [3.05, 3.63) is 0 Å². The Labute approximate surface area is 137 Å². The van der Waals surface area contributed by atoms with Crippen LogP contribution in [-0.4, -0.2) is 67.1 Å². The summed E-state index contributed by atoms with van der Waals surface area (Å²) < 4.78 is 16.1. The van der Waals surface area contributed by atoms with E-state index in [1.54, 1.807) is 11.8 Å². The Kier molecular flexibility index (Phi) is 5.52. The second kappa shape index (κ2) is 7.05. The first kappa shape index (κ1) is 18.0. The van der Waals surface area contributed by atoms with Crippen LogP contribution in [0.2, 0.25) is 0 Å². The average molecular weight is 328 g/mol. The number of carbonyl (C=O) groups excluding carboxylic acids is 2. The predicted octanol–water partition coefficient (Wildman–Crippen LogP) is 1.31. The summed E-state index contributed by atoms with van der Waals surface area (Å²) in [6.45, 7) is 9.76. The molecule has 7 nitrogen and oxygen atoms in total. The van der Waals surface area contributed by atoms with E-state index in [1.165, 1.54) is 0 Å². The van der Waals surface area contributed by atoms with Gasteiger partial charge in [-0.15, -0.1) is 0 Å². The monoisotopic (exact) mass is 328 g/mol. The van der Waals surface area contributed by atoms with E-state index in [4.69, 9.17) is 14.2 Å². The Morgan fingerprint density at radius 3 is 2.52 bits per heavy atom. The molecule has 1 amide bonds. The van der Waals surface area contributed by atoms with Crippen LogP contribution in [0.5, 0.6) is 0 Å². The Morgan fingerprint density at radius 1 is 1.30 bits per heavy atom. The molecule has 132 valence electrons. The third-order valence-corrected chi connectivity index (χ3v) is 4.09. The summed E-state index contributed by atoms with van der Waals surface area (Å²) in [7, 11) is 0. The Hall–Kier alpha value is -1.34. The Balaban J connectivity index is 1.89. The van der Waals surface area contributed by atoms with E-state index < -0.39 is 11.6 Å². The molecular formula is C16H28N2O5. The summed E-state index contributed by atoms with van der Waals surface area (Å²) in [5.74, 6) is -0.277. The highest BCUT2D eigenvalue weighted by atomic mass is 16.6. The van der Waals surface area contributed by atoms with Crippen molar-refractivity contribution in [2.75, 3.05) is 32.9 Å². The lowest BCUT2D eigenvalue weighted by molar-refractivity contribution is -0.152. The molecule has 23 heavy (non-hydrogen) atoms. The van der Waals surface area contributed by atoms with Crippen LogP contribution in [0.25, 0.3) is 0 Å². The van der Waals surface area contributed by atoms with Crippen LogP contribution < -0.4 is 5.32 Å². The molecule has 2 aliphatic rings. The van der Waals surface area contributed by atoms with Crippen molar-refractivity contribution < 1.29 is 23.8 Å². The van der Waals surface area contributed by atoms with Gasteiger partial charge >= 0.3 is 12.1 Å². The molecule has 1 N–H and O–H groups in total. The van der Waals surface area contributed by atoms with Crippen LogP contribution in [0, 0.1) is 0 Å². The number of morpholine rings is 1. The summed E-state index contributed by atoms with van der Waals surface area (Å²) in [6.07, 6.45) is 1.16. The molecule has 0 aromatic carbocycles. The maximum Gasteiger partial charge on any atom is 0.410 e. The number of hydrogen-bond donors (Lipinski definition) is 1. The SMILES string of the molecule is CCOC(=O)[C@@H]1COCC2(CCN(C(=O)OC(C)(C)C)CC2)N1. The number of likely N-dealkylation sites (tertiary alicyclic amines) is 1. The molecule has 0 aliphatic carbocycles. The second-order valence-electron chi connectivity index (χ2n) is 7.21. The van der Waals surface area contributed by atoms with Crippen molar-refractivity contribution in [3.63, 3.8) is 0 Å². The van der Waals surface area contributed by atoms with Crippen molar-refractivity contribution in [1.29, 1.82) is 0 Å². The van der Waals surface area contributed by atoms with E-state index in [-0.39, 0.29) is 17.6 Å². The van der Waals surface area contributed by atoms with Gasteiger partial charge in [0.05, 0.1) is 19.8 Å². The normalized spacial score (nSPS) is 24.3. The number of nitrogens with one attached hydrogen (secondary N) is 1. The highest BCUT2D eigenvalue weighted by Gasteiger charge is 2.43. The minimum absolute atomic E-state index is 0.270. The lowest BCUT2D eigenvalue weighted by atomic mass is 9.86. The van der Waals surface area contributed by atoms with Crippen LogP contribution in [-0.2, 0) is 19.0 Å². The number of ether oxygens (including phenoxy) is 3. The van der Waals surface area contributed by atoms with E-state index in [9.17, 15) is 9.59 Å². The zero-order valence-corrected chi connectivity index (χ0v) is 14.5. The number of rotatable bonds is 2. The van der Waals surface area contributed by atoms with Gasteiger partial charge in [-0.1, -0.05) is 0 Å². The maximum absolute atomic E-state index is 12.1. The highest BCUT2D eigenvalue weighted by Crippen LogP contribution is 2.27. The molecule has 0 aromatic heterocycles. The number of esters is 1. The van der Waals surface area contributed by atoms with Gasteiger partial charge in [-0.3, -0.25) is 10.1 Å².